The summed E-state index contributed by atoms with van der Waals surface area (Å²) in [5.41, 5.74) is 0.650. The number of nitrogens with zero attached hydrogens (tertiary/aromatic N) is 1. The molecule has 1 aromatic rings. The standard InChI is InChI=1S/C21H33N3O3S/c1-17-13-18(2)15-23(14-17)16-21(25)22-19-7-9-20(10-8-19)28(26,27)24-11-5-3-4-6-12-24/h7-10,17-18H,3-6,11-16H2,1-2H3,(H,22,25)/p+1/t17-,18-/m1/s1. The molecule has 28 heavy (non-hydrogen) atoms. The molecule has 2 saturated heterocycles. The zero-order chi connectivity index (χ0) is 20.1. The summed E-state index contributed by atoms with van der Waals surface area (Å²) in [5.74, 6) is 1.28. The Balaban J connectivity index is 1.58. The molecule has 2 aliphatic heterocycles. The molecule has 0 radical (unpaired) electrons. The third-order valence-corrected chi connectivity index (χ3v) is 7.74. The van der Waals surface area contributed by atoms with E-state index in [1.165, 1.54) is 11.3 Å². The van der Waals surface area contributed by atoms with Gasteiger partial charge < -0.3 is 10.2 Å². The Kier molecular flexibility index (Phi) is 7.12. The molecular weight excluding hydrogens is 374 g/mol. The molecule has 1 amide bonds. The summed E-state index contributed by atoms with van der Waals surface area (Å²) in [6.45, 7) is 8.21. The number of nitrogens with one attached hydrogen (secondary N) is 2. The Labute approximate surface area is 169 Å². The van der Waals surface area contributed by atoms with Crippen LogP contribution >= 0.6 is 0 Å². The van der Waals surface area contributed by atoms with Crippen molar-refractivity contribution < 1.29 is 18.1 Å². The zero-order valence-corrected chi connectivity index (χ0v) is 17.9. The third-order valence-electron chi connectivity index (χ3n) is 5.83. The van der Waals surface area contributed by atoms with Crippen LogP contribution < -0.4 is 10.2 Å². The van der Waals surface area contributed by atoms with Gasteiger partial charge in [-0.15, -0.1) is 0 Å². The number of carbonyl (C=O) groups excluding carboxylic acids is 1. The van der Waals surface area contributed by atoms with Crippen molar-refractivity contribution in [1.82, 2.24) is 4.31 Å². The molecule has 2 atom stereocenters. The topological polar surface area (TPSA) is 70.9 Å². The van der Waals surface area contributed by atoms with Crippen LogP contribution in [0.2, 0.25) is 0 Å². The lowest BCUT2D eigenvalue weighted by Gasteiger charge is -2.31. The molecule has 0 aromatic heterocycles. The number of likely N-dealkylation sites (tertiary alicyclic amines) is 1. The van der Waals surface area contributed by atoms with Crippen molar-refractivity contribution in [2.45, 2.75) is 50.8 Å². The lowest BCUT2D eigenvalue weighted by Crippen LogP contribution is -3.15. The van der Waals surface area contributed by atoms with Crippen LogP contribution in [0.3, 0.4) is 0 Å². The summed E-state index contributed by atoms with van der Waals surface area (Å²) < 4.78 is 27.3. The molecule has 1 aromatic carbocycles. The largest absolute Gasteiger partial charge is 0.327 e. The molecule has 3 rings (SSSR count). The molecular formula is C21H34N3O3S+. The van der Waals surface area contributed by atoms with Crippen LogP contribution in [0.5, 0.6) is 0 Å². The van der Waals surface area contributed by atoms with Gasteiger partial charge >= 0.3 is 0 Å². The Morgan fingerprint density at radius 2 is 1.61 bits per heavy atom. The predicted molar refractivity (Wildman–Crippen MR) is 111 cm³/mol. The first-order valence-corrected chi connectivity index (χ1v) is 12.0. The molecule has 156 valence electrons. The number of benzene rings is 1. The summed E-state index contributed by atoms with van der Waals surface area (Å²) >= 11 is 0. The maximum absolute atomic E-state index is 12.8. The number of rotatable bonds is 5. The minimum Gasteiger partial charge on any atom is -0.327 e. The number of amides is 1. The van der Waals surface area contributed by atoms with Gasteiger partial charge in [0.1, 0.15) is 0 Å². The van der Waals surface area contributed by atoms with Gasteiger partial charge in [-0.25, -0.2) is 8.42 Å². The highest BCUT2D eigenvalue weighted by Gasteiger charge is 2.27. The highest BCUT2D eigenvalue weighted by molar-refractivity contribution is 7.89. The number of sulfonamides is 1. The fourth-order valence-corrected chi connectivity index (χ4v) is 6.16. The molecule has 2 fully saturated rings. The summed E-state index contributed by atoms with van der Waals surface area (Å²) in [6.07, 6.45) is 5.26. The Bertz CT molecular complexity index is 746. The smallest absolute Gasteiger partial charge is 0.279 e. The first-order valence-electron chi connectivity index (χ1n) is 10.6. The highest BCUT2D eigenvalue weighted by Crippen LogP contribution is 2.21. The molecule has 0 saturated carbocycles. The van der Waals surface area contributed by atoms with Crippen LogP contribution in [0.15, 0.2) is 29.2 Å². The molecule has 6 nitrogen and oxygen atoms in total. The van der Waals surface area contributed by atoms with E-state index in [1.807, 2.05) is 0 Å². The molecule has 0 aliphatic carbocycles. The van der Waals surface area contributed by atoms with Gasteiger partial charge in [0, 0.05) is 30.6 Å². The van der Waals surface area contributed by atoms with Crippen LogP contribution in [0, 0.1) is 11.8 Å². The Morgan fingerprint density at radius 1 is 1.04 bits per heavy atom. The average molecular weight is 409 g/mol. The fourth-order valence-electron chi connectivity index (χ4n) is 4.64. The third kappa shape index (κ3) is 5.55. The Morgan fingerprint density at radius 3 is 2.18 bits per heavy atom. The van der Waals surface area contributed by atoms with Gasteiger partial charge in [-0.2, -0.15) is 4.31 Å². The minimum absolute atomic E-state index is 0.0144. The zero-order valence-electron chi connectivity index (χ0n) is 17.1. The van der Waals surface area contributed by atoms with Crippen molar-refractivity contribution >= 4 is 21.6 Å². The lowest BCUT2D eigenvalue weighted by atomic mass is 9.92. The van der Waals surface area contributed by atoms with E-state index in [9.17, 15) is 13.2 Å². The SMILES string of the molecule is C[C@@H]1C[C@@H](C)C[NH+](CC(=O)Nc2ccc(S(=O)(=O)N3CCCCCC3)cc2)C1. The minimum atomic E-state index is -3.45. The van der Waals surface area contributed by atoms with Gasteiger partial charge in [0.25, 0.3) is 5.91 Å². The number of anilines is 1. The molecule has 0 bridgehead atoms. The molecule has 0 unspecified atom stereocenters. The van der Waals surface area contributed by atoms with E-state index in [0.717, 1.165) is 38.8 Å². The van der Waals surface area contributed by atoms with Crippen molar-refractivity contribution in [3.63, 3.8) is 0 Å². The molecule has 2 N–H and O–H groups in total. The van der Waals surface area contributed by atoms with Gasteiger partial charge in [-0.1, -0.05) is 26.7 Å². The second kappa shape index (κ2) is 9.37. The Hall–Kier alpha value is -1.44. The number of carbonyl (C=O) groups is 1. The van der Waals surface area contributed by atoms with E-state index in [0.29, 0.717) is 42.1 Å². The van der Waals surface area contributed by atoms with Crippen LogP contribution in [0.1, 0.15) is 46.0 Å². The van der Waals surface area contributed by atoms with Gasteiger partial charge in [0.15, 0.2) is 6.54 Å². The predicted octanol–water partition coefficient (Wildman–Crippen LogP) is 1.75. The van der Waals surface area contributed by atoms with Gasteiger partial charge in [-0.05, 0) is 43.5 Å². The van der Waals surface area contributed by atoms with Crippen molar-refractivity contribution in [1.29, 1.82) is 0 Å². The average Bonchev–Trinajstić information content (AvgIpc) is 2.91. The first kappa shape index (κ1) is 21.3. The fraction of sp³-hybridized carbons (Fsp3) is 0.667. The lowest BCUT2D eigenvalue weighted by molar-refractivity contribution is -0.904. The second-order valence-electron chi connectivity index (χ2n) is 8.67. The van der Waals surface area contributed by atoms with Crippen LogP contribution in [-0.2, 0) is 14.8 Å². The number of quaternary nitrogens is 1. The van der Waals surface area contributed by atoms with E-state index in [2.05, 4.69) is 19.2 Å². The normalized spacial score (nSPS) is 27.1. The van der Waals surface area contributed by atoms with Crippen LogP contribution in [-0.4, -0.2) is 51.4 Å². The van der Waals surface area contributed by atoms with Crippen molar-refractivity contribution in [2.75, 3.05) is 38.0 Å². The van der Waals surface area contributed by atoms with Gasteiger partial charge in [-0.3, -0.25) is 4.79 Å². The van der Waals surface area contributed by atoms with E-state index in [-0.39, 0.29) is 5.91 Å². The summed E-state index contributed by atoms with van der Waals surface area (Å²) in [5, 5.41) is 2.92. The summed E-state index contributed by atoms with van der Waals surface area (Å²) in [7, 11) is -3.45. The second-order valence-corrected chi connectivity index (χ2v) is 10.6. The maximum Gasteiger partial charge on any atom is 0.279 e. The van der Waals surface area contributed by atoms with E-state index in [1.54, 1.807) is 28.6 Å². The quantitative estimate of drug-likeness (QED) is 0.780. The summed E-state index contributed by atoms with van der Waals surface area (Å²) in [4.78, 5) is 14.0. The number of hydrogen-bond donors (Lipinski definition) is 2. The van der Waals surface area contributed by atoms with Crippen molar-refractivity contribution in [2.24, 2.45) is 11.8 Å². The summed E-state index contributed by atoms with van der Waals surface area (Å²) in [6, 6.07) is 6.60. The first-order chi connectivity index (χ1) is 13.3. The molecule has 2 aliphatic rings. The van der Waals surface area contributed by atoms with Crippen LogP contribution in [0.4, 0.5) is 5.69 Å². The maximum atomic E-state index is 12.8. The van der Waals surface area contributed by atoms with Gasteiger partial charge in [0.05, 0.1) is 18.0 Å². The molecule has 0 spiro atoms. The molecule has 2 heterocycles. The highest BCUT2D eigenvalue weighted by atomic mass is 32.2. The number of piperidine rings is 1. The van der Waals surface area contributed by atoms with E-state index in [4.69, 9.17) is 0 Å². The van der Waals surface area contributed by atoms with E-state index < -0.39 is 10.0 Å². The van der Waals surface area contributed by atoms with E-state index >= 15 is 0 Å². The molecule has 7 heteroatoms. The monoisotopic (exact) mass is 408 g/mol. The number of hydrogen-bond acceptors (Lipinski definition) is 3. The van der Waals surface area contributed by atoms with Gasteiger partial charge in [0.2, 0.25) is 10.0 Å². The van der Waals surface area contributed by atoms with Crippen LogP contribution in [0.25, 0.3) is 0 Å². The van der Waals surface area contributed by atoms with Crippen molar-refractivity contribution in [3.05, 3.63) is 24.3 Å². The van der Waals surface area contributed by atoms with Crippen molar-refractivity contribution in [3.8, 4) is 0 Å².